The van der Waals surface area contributed by atoms with E-state index in [9.17, 15) is 4.79 Å². The summed E-state index contributed by atoms with van der Waals surface area (Å²) in [7, 11) is 1.35. The number of carbonyl (C=O) groups is 1. The molecule has 5 heteroatoms. The fourth-order valence-electron chi connectivity index (χ4n) is 0.873. The van der Waals surface area contributed by atoms with E-state index in [2.05, 4.69) is 10.3 Å². The van der Waals surface area contributed by atoms with Crippen molar-refractivity contribution in [3.63, 3.8) is 0 Å². The smallest absolute Gasteiger partial charge is 0.276 e. The Hall–Kier alpha value is -1.26. The van der Waals surface area contributed by atoms with Crippen molar-refractivity contribution >= 4 is 23.2 Å². The van der Waals surface area contributed by atoms with Gasteiger partial charge in [0, 0.05) is 10.7 Å². The molecule has 0 saturated heterocycles. The summed E-state index contributed by atoms with van der Waals surface area (Å²) in [6.45, 7) is 0. The average Bonchev–Trinajstić information content (AvgIpc) is 2.09. The SMILES string of the molecule is CONC(=O)c1cc(Cl)ccc1N. The number of hydroxylamine groups is 1. The molecule has 0 aromatic heterocycles. The van der Waals surface area contributed by atoms with Gasteiger partial charge in [0.15, 0.2) is 0 Å². The number of carbonyl (C=O) groups excluding carboxylic acids is 1. The van der Waals surface area contributed by atoms with Gasteiger partial charge in [-0.3, -0.25) is 9.63 Å². The van der Waals surface area contributed by atoms with Crippen LogP contribution in [0, 0.1) is 0 Å². The van der Waals surface area contributed by atoms with Crippen LogP contribution in [0.25, 0.3) is 0 Å². The Morgan fingerprint density at radius 1 is 1.62 bits per heavy atom. The summed E-state index contributed by atoms with van der Waals surface area (Å²) >= 11 is 5.68. The number of halogens is 1. The van der Waals surface area contributed by atoms with E-state index in [0.29, 0.717) is 16.3 Å². The van der Waals surface area contributed by atoms with Crippen molar-refractivity contribution in [1.29, 1.82) is 0 Å². The first-order chi connectivity index (χ1) is 6.15. The molecule has 0 unspecified atom stereocenters. The lowest BCUT2D eigenvalue weighted by Crippen LogP contribution is -2.22. The summed E-state index contributed by atoms with van der Waals surface area (Å²) < 4.78 is 0. The van der Waals surface area contributed by atoms with Crippen molar-refractivity contribution in [2.75, 3.05) is 12.8 Å². The molecule has 0 radical (unpaired) electrons. The maximum Gasteiger partial charge on any atom is 0.276 e. The molecule has 0 heterocycles. The fraction of sp³-hybridized carbons (Fsp3) is 0.125. The first kappa shape index (κ1) is 9.83. The predicted octanol–water partition coefficient (Wildman–Crippen LogP) is 1.21. The van der Waals surface area contributed by atoms with Gasteiger partial charge in [0.05, 0.1) is 12.7 Å². The zero-order valence-electron chi connectivity index (χ0n) is 7.00. The highest BCUT2D eigenvalue weighted by Crippen LogP contribution is 2.17. The average molecular weight is 201 g/mol. The Morgan fingerprint density at radius 2 is 2.31 bits per heavy atom. The van der Waals surface area contributed by atoms with Gasteiger partial charge < -0.3 is 5.73 Å². The molecule has 0 aliphatic carbocycles. The van der Waals surface area contributed by atoms with Gasteiger partial charge in [0.1, 0.15) is 0 Å². The van der Waals surface area contributed by atoms with E-state index in [1.807, 2.05) is 0 Å². The summed E-state index contributed by atoms with van der Waals surface area (Å²) in [5.74, 6) is -0.414. The maximum absolute atomic E-state index is 11.2. The summed E-state index contributed by atoms with van der Waals surface area (Å²) in [6.07, 6.45) is 0. The minimum Gasteiger partial charge on any atom is -0.398 e. The minimum atomic E-state index is -0.414. The van der Waals surface area contributed by atoms with Crippen molar-refractivity contribution in [2.45, 2.75) is 0 Å². The van der Waals surface area contributed by atoms with Crippen molar-refractivity contribution < 1.29 is 9.63 Å². The molecule has 13 heavy (non-hydrogen) atoms. The highest BCUT2D eigenvalue weighted by atomic mass is 35.5. The Labute approximate surface area is 80.6 Å². The maximum atomic E-state index is 11.2. The van der Waals surface area contributed by atoms with E-state index in [4.69, 9.17) is 17.3 Å². The van der Waals surface area contributed by atoms with Crippen LogP contribution >= 0.6 is 11.6 Å². The minimum absolute atomic E-state index is 0.300. The molecule has 0 spiro atoms. The molecule has 0 saturated carbocycles. The van der Waals surface area contributed by atoms with E-state index in [0.717, 1.165) is 0 Å². The molecular weight excluding hydrogens is 192 g/mol. The fourth-order valence-corrected chi connectivity index (χ4v) is 1.04. The van der Waals surface area contributed by atoms with Crippen LogP contribution in [-0.2, 0) is 4.84 Å². The third kappa shape index (κ3) is 2.34. The number of hydrogen-bond acceptors (Lipinski definition) is 3. The lowest BCUT2D eigenvalue weighted by atomic mass is 10.2. The molecule has 1 aromatic rings. The lowest BCUT2D eigenvalue weighted by molar-refractivity contribution is 0.0538. The molecule has 3 N–H and O–H groups in total. The van der Waals surface area contributed by atoms with E-state index >= 15 is 0 Å². The second-order valence-corrected chi connectivity index (χ2v) is 2.80. The number of hydrogen-bond donors (Lipinski definition) is 2. The molecule has 1 aromatic carbocycles. The van der Waals surface area contributed by atoms with Gasteiger partial charge in [0.2, 0.25) is 0 Å². The number of nitrogens with two attached hydrogens (primary N) is 1. The highest BCUT2D eigenvalue weighted by molar-refractivity contribution is 6.31. The molecule has 4 nitrogen and oxygen atoms in total. The molecule has 0 atom stereocenters. The van der Waals surface area contributed by atoms with Crippen molar-refractivity contribution in [2.24, 2.45) is 0 Å². The van der Waals surface area contributed by atoms with Crippen LogP contribution in [-0.4, -0.2) is 13.0 Å². The van der Waals surface area contributed by atoms with Crippen molar-refractivity contribution in [3.8, 4) is 0 Å². The molecule has 70 valence electrons. The molecule has 0 fully saturated rings. The first-order valence-corrected chi connectivity index (χ1v) is 3.91. The molecule has 1 rings (SSSR count). The van der Waals surface area contributed by atoms with Gasteiger partial charge in [-0.1, -0.05) is 11.6 Å². The number of benzene rings is 1. The van der Waals surface area contributed by atoms with E-state index in [1.54, 1.807) is 12.1 Å². The van der Waals surface area contributed by atoms with Crippen LogP contribution in [0.5, 0.6) is 0 Å². The molecule has 0 aliphatic rings. The summed E-state index contributed by atoms with van der Waals surface area (Å²) in [4.78, 5) is 15.7. The largest absolute Gasteiger partial charge is 0.398 e. The zero-order chi connectivity index (χ0) is 9.84. The summed E-state index contributed by atoms with van der Waals surface area (Å²) in [5, 5.41) is 0.454. The predicted molar refractivity (Wildman–Crippen MR) is 50.3 cm³/mol. The molecule has 0 aliphatic heterocycles. The van der Waals surface area contributed by atoms with E-state index in [1.165, 1.54) is 13.2 Å². The summed E-state index contributed by atoms with van der Waals surface area (Å²) in [5.41, 5.74) is 8.36. The zero-order valence-corrected chi connectivity index (χ0v) is 7.76. The standard InChI is InChI=1S/C8H9ClN2O2/c1-13-11-8(12)6-4-5(9)2-3-7(6)10/h2-4H,10H2,1H3,(H,11,12). The number of nitrogen functional groups attached to an aromatic ring is 1. The van der Waals surface area contributed by atoms with Crippen molar-refractivity contribution in [1.82, 2.24) is 5.48 Å². The Bertz CT molecular complexity index is 328. The van der Waals surface area contributed by atoms with Crippen LogP contribution in [0.4, 0.5) is 5.69 Å². The molecular formula is C8H9ClN2O2. The molecule has 0 bridgehead atoms. The van der Waals surface area contributed by atoms with Gasteiger partial charge in [0.25, 0.3) is 5.91 Å². The monoisotopic (exact) mass is 200 g/mol. The van der Waals surface area contributed by atoms with Gasteiger partial charge in [-0.05, 0) is 18.2 Å². The molecule has 1 amide bonds. The first-order valence-electron chi connectivity index (χ1n) is 3.53. The van der Waals surface area contributed by atoms with Crippen LogP contribution in [0.15, 0.2) is 18.2 Å². The van der Waals surface area contributed by atoms with Gasteiger partial charge in [-0.2, -0.15) is 0 Å². The number of anilines is 1. The quantitative estimate of drug-likeness (QED) is 0.557. The second kappa shape index (κ2) is 4.11. The van der Waals surface area contributed by atoms with Crippen LogP contribution < -0.4 is 11.2 Å². The van der Waals surface area contributed by atoms with Crippen LogP contribution in [0.2, 0.25) is 5.02 Å². The second-order valence-electron chi connectivity index (χ2n) is 2.37. The number of rotatable bonds is 2. The number of amides is 1. The van der Waals surface area contributed by atoms with Crippen LogP contribution in [0.3, 0.4) is 0 Å². The normalized spacial score (nSPS) is 9.69. The number of nitrogens with one attached hydrogen (secondary N) is 1. The van der Waals surface area contributed by atoms with Crippen LogP contribution in [0.1, 0.15) is 10.4 Å². The van der Waals surface area contributed by atoms with Crippen molar-refractivity contribution in [3.05, 3.63) is 28.8 Å². The van der Waals surface area contributed by atoms with Gasteiger partial charge in [-0.15, -0.1) is 0 Å². The Kier molecular flexibility index (Phi) is 3.11. The lowest BCUT2D eigenvalue weighted by Gasteiger charge is -2.05. The summed E-state index contributed by atoms with van der Waals surface area (Å²) in [6, 6.07) is 4.65. The highest BCUT2D eigenvalue weighted by Gasteiger charge is 2.09. The Balaban J connectivity index is 2.99. The van der Waals surface area contributed by atoms with E-state index < -0.39 is 5.91 Å². The van der Waals surface area contributed by atoms with Gasteiger partial charge in [-0.25, -0.2) is 5.48 Å². The van der Waals surface area contributed by atoms with E-state index in [-0.39, 0.29) is 0 Å². The Morgan fingerprint density at radius 3 is 2.92 bits per heavy atom. The third-order valence-corrected chi connectivity index (χ3v) is 1.69. The topological polar surface area (TPSA) is 64.3 Å². The third-order valence-electron chi connectivity index (χ3n) is 1.45. The van der Waals surface area contributed by atoms with Gasteiger partial charge >= 0.3 is 0 Å².